The van der Waals surface area contributed by atoms with E-state index in [0.29, 0.717) is 13.1 Å². The van der Waals surface area contributed by atoms with Gasteiger partial charge in [-0.1, -0.05) is 98.5 Å². The lowest BCUT2D eigenvalue weighted by molar-refractivity contribution is -0.122. The maximum atomic E-state index is 13.2. The third-order valence-electron chi connectivity index (χ3n) is 8.09. The van der Waals surface area contributed by atoms with Gasteiger partial charge in [0, 0.05) is 35.3 Å². The quantitative estimate of drug-likeness (QED) is 0.187. The molecule has 2 aliphatic rings. The molecule has 0 saturated carbocycles. The van der Waals surface area contributed by atoms with Gasteiger partial charge in [0.15, 0.2) is 0 Å². The first-order valence-corrected chi connectivity index (χ1v) is 15.0. The van der Waals surface area contributed by atoms with Crippen LogP contribution >= 0.6 is 0 Å². The maximum absolute atomic E-state index is 13.2. The molecule has 214 valence electrons. The number of carbonyl (C=O) groups excluding carboxylic acids is 2. The molecule has 42 heavy (non-hydrogen) atoms. The van der Waals surface area contributed by atoms with E-state index in [2.05, 4.69) is 10.6 Å². The standard InChI is InChI=1S/C36H36N2O4/c39-35(33-25-15-5-9-19-29(25)41-30-20-10-6-16-26(30)33)37-23-13-3-1-2-4-14-24-38-36(40)34-27-17-7-11-21-31(27)42-32-22-12-8-18-28(32)34/h5-12,15-22,33-34H,1-4,13-14,23-24H2,(H,37,39)(H,38,40). The number of hydrogen-bond acceptors (Lipinski definition) is 4. The Morgan fingerprint density at radius 1 is 0.452 bits per heavy atom. The summed E-state index contributed by atoms with van der Waals surface area (Å²) < 4.78 is 12.0. The van der Waals surface area contributed by atoms with Gasteiger partial charge in [0.2, 0.25) is 11.8 Å². The molecule has 6 nitrogen and oxygen atoms in total. The molecule has 2 N–H and O–H groups in total. The first kappa shape index (κ1) is 27.6. The lowest BCUT2D eigenvalue weighted by Crippen LogP contribution is -2.32. The van der Waals surface area contributed by atoms with E-state index in [-0.39, 0.29) is 23.7 Å². The molecular formula is C36H36N2O4. The molecule has 0 atom stereocenters. The highest BCUT2D eigenvalue weighted by atomic mass is 16.5. The van der Waals surface area contributed by atoms with Crippen molar-refractivity contribution in [1.82, 2.24) is 10.6 Å². The number of carbonyl (C=O) groups is 2. The molecule has 2 aliphatic heterocycles. The molecule has 4 aromatic carbocycles. The minimum atomic E-state index is -0.357. The number of hydrogen-bond donors (Lipinski definition) is 2. The van der Waals surface area contributed by atoms with Crippen molar-refractivity contribution in [3.05, 3.63) is 119 Å². The average molecular weight is 561 g/mol. The zero-order chi connectivity index (χ0) is 28.7. The van der Waals surface area contributed by atoms with Crippen molar-refractivity contribution in [2.24, 2.45) is 0 Å². The number of rotatable bonds is 11. The van der Waals surface area contributed by atoms with Crippen molar-refractivity contribution in [3.63, 3.8) is 0 Å². The Kier molecular flexibility index (Phi) is 8.50. The highest BCUT2D eigenvalue weighted by Crippen LogP contribution is 2.45. The van der Waals surface area contributed by atoms with Gasteiger partial charge in [0.05, 0.1) is 11.8 Å². The fourth-order valence-corrected chi connectivity index (χ4v) is 5.97. The number of unbranched alkanes of at least 4 members (excludes halogenated alkanes) is 5. The number of nitrogens with one attached hydrogen (secondary N) is 2. The smallest absolute Gasteiger partial charge is 0.232 e. The van der Waals surface area contributed by atoms with E-state index in [1.807, 2.05) is 97.1 Å². The predicted octanol–water partition coefficient (Wildman–Crippen LogP) is 7.44. The van der Waals surface area contributed by atoms with Crippen LogP contribution in [0.15, 0.2) is 97.1 Å². The molecule has 2 amide bonds. The van der Waals surface area contributed by atoms with Crippen molar-refractivity contribution in [2.45, 2.75) is 50.4 Å². The summed E-state index contributed by atoms with van der Waals surface area (Å²) in [6, 6.07) is 31.1. The van der Waals surface area contributed by atoms with Gasteiger partial charge in [-0.05, 0) is 37.1 Å². The van der Waals surface area contributed by atoms with Crippen LogP contribution < -0.4 is 20.1 Å². The molecule has 0 radical (unpaired) electrons. The molecule has 0 bridgehead atoms. The van der Waals surface area contributed by atoms with E-state index in [1.165, 1.54) is 0 Å². The predicted molar refractivity (Wildman–Crippen MR) is 163 cm³/mol. The van der Waals surface area contributed by atoms with Gasteiger partial charge >= 0.3 is 0 Å². The second-order valence-corrected chi connectivity index (χ2v) is 10.9. The lowest BCUT2D eigenvalue weighted by atomic mass is 9.87. The zero-order valence-corrected chi connectivity index (χ0v) is 23.7. The van der Waals surface area contributed by atoms with Crippen molar-refractivity contribution in [3.8, 4) is 23.0 Å². The minimum absolute atomic E-state index is 0.0173. The van der Waals surface area contributed by atoms with Crippen LogP contribution in [0.2, 0.25) is 0 Å². The summed E-state index contributed by atoms with van der Waals surface area (Å²) in [4.78, 5) is 26.5. The highest BCUT2D eigenvalue weighted by molar-refractivity contribution is 5.90. The van der Waals surface area contributed by atoms with Crippen molar-refractivity contribution >= 4 is 11.8 Å². The van der Waals surface area contributed by atoms with E-state index in [0.717, 1.165) is 83.8 Å². The summed E-state index contributed by atoms with van der Waals surface area (Å²) in [6.07, 6.45) is 6.21. The van der Waals surface area contributed by atoms with Gasteiger partial charge in [0.25, 0.3) is 0 Å². The molecule has 0 saturated heterocycles. The Bertz CT molecular complexity index is 1360. The second-order valence-electron chi connectivity index (χ2n) is 10.9. The normalized spacial score (nSPS) is 13.4. The first-order valence-electron chi connectivity index (χ1n) is 15.0. The number of fused-ring (bicyclic) bond motifs is 4. The molecular weight excluding hydrogens is 524 g/mol. The Hall–Kier alpha value is -4.58. The second kappa shape index (κ2) is 12.9. The van der Waals surface area contributed by atoms with Crippen LogP contribution in [0.25, 0.3) is 0 Å². The lowest BCUT2D eigenvalue weighted by Gasteiger charge is -2.27. The van der Waals surface area contributed by atoms with Crippen LogP contribution in [-0.4, -0.2) is 24.9 Å². The van der Waals surface area contributed by atoms with E-state index in [4.69, 9.17) is 9.47 Å². The average Bonchev–Trinajstić information content (AvgIpc) is 3.03. The monoisotopic (exact) mass is 560 g/mol. The maximum Gasteiger partial charge on any atom is 0.232 e. The molecule has 0 fully saturated rings. The number of benzene rings is 4. The van der Waals surface area contributed by atoms with Gasteiger partial charge in [-0.2, -0.15) is 0 Å². The van der Waals surface area contributed by atoms with Crippen LogP contribution in [0, 0.1) is 0 Å². The van der Waals surface area contributed by atoms with Gasteiger partial charge in [-0.3, -0.25) is 9.59 Å². The number of para-hydroxylation sites is 4. The Labute approximate surface area is 247 Å². The molecule has 2 heterocycles. The van der Waals surface area contributed by atoms with Gasteiger partial charge < -0.3 is 20.1 Å². The Morgan fingerprint density at radius 3 is 1.07 bits per heavy atom. The molecule has 0 aromatic heterocycles. The fourth-order valence-electron chi connectivity index (χ4n) is 5.97. The van der Waals surface area contributed by atoms with Crippen molar-refractivity contribution in [1.29, 1.82) is 0 Å². The molecule has 6 heteroatoms. The number of amides is 2. The summed E-state index contributed by atoms with van der Waals surface area (Å²) >= 11 is 0. The fraction of sp³-hybridized carbons (Fsp3) is 0.278. The molecule has 0 unspecified atom stereocenters. The van der Waals surface area contributed by atoms with Crippen molar-refractivity contribution in [2.75, 3.05) is 13.1 Å². The summed E-state index contributed by atoms with van der Waals surface area (Å²) in [5.74, 6) is 2.30. The third-order valence-corrected chi connectivity index (χ3v) is 8.09. The molecule has 4 aromatic rings. The summed E-state index contributed by atoms with van der Waals surface area (Å²) in [5, 5.41) is 6.30. The van der Waals surface area contributed by atoms with E-state index < -0.39 is 0 Å². The van der Waals surface area contributed by atoms with Crippen molar-refractivity contribution < 1.29 is 19.1 Å². The Balaban J connectivity index is 0.899. The Morgan fingerprint density at radius 2 is 0.738 bits per heavy atom. The highest BCUT2D eigenvalue weighted by Gasteiger charge is 2.33. The summed E-state index contributed by atoms with van der Waals surface area (Å²) in [7, 11) is 0. The van der Waals surface area contributed by atoms with Crippen LogP contribution in [0.3, 0.4) is 0 Å². The topological polar surface area (TPSA) is 76.7 Å². The van der Waals surface area contributed by atoms with Gasteiger partial charge in [-0.15, -0.1) is 0 Å². The van der Waals surface area contributed by atoms with Crippen LogP contribution in [0.5, 0.6) is 23.0 Å². The first-order chi connectivity index (χ1) is 20.7. The van der Waals surface area contributed by atoms with Crippen LogP contribution in [-0.2, 0) is 9.59 Å². The van der Waals surface area contributed by atoms with E-state index >= 15 is 0 Å². The molecule has 6 rings (SSSR count). The summed E-state index contributed by atoms with van der Waals surface area (Å²) in [6.45, 7) is 1.31. The van der Waals surface area contributed by atoms with Gasteiger partial charge in [-0.25, -0.2) is 0 Å². The SMILES string of the molecule is O=C(NCCCCCCCCNC(=O)C1c2ccccc2Oc2ccccc21)C1c2ccccc2Oc2ccccc21. The van der Waals surface area contributed by atoms with Crippen LogP contribution in [0.1, 0.15) is 72.6 Å². The number of ether oxygens (including phenoxy) is 2. The van der Waals surface area contributed by atoms with Crippen LogP contribution in [0.4, 0.5) is 0 Å². The molecule has 0 aliphatic carbocycles. The summed E-state index contributed by atoms with van der Waals surface area (Å²) in [5.41, 5.74) is 3.63. The van der Waals surface area contributed by atoms with E-state index in [9.17, 15) is 9.59 Å². The third kappa shape index (κ3) is 5.89. The molecule has 0 spiro atoms. The zero-order valence-electron chi connectivity index (χ0n) is 23.7. The minimum Gasteiger partial charge on any atom is -0.457 e. The largest absolute Gasteiger partial charge is 0.457 e. The van der Waals surface area contributed by atoms with Gasteiger partial charge in [0.1, 0.15) is 23.0 Å². The van der Waals surface area contributed by atoms with E-state index in [1.54, 1.807) is 0 Å².